The summed E-state index contributed by atoms with van der Waals surface area (Å²) in [6.45, 7) is 3.27. The molecule has 2 rings (SSSR count). The topological polar surface area (TPSA) is 76.0 Å². The van der Waals surface area contributed by atoms with Crippen LogP contribution in [-0.2, 0) is 17.1 Å². The van der Waals surface area contributed by atoms with Gasteiger partial charge in [-0.2, -0.15) is 0 Å². The lowest BCUT2D eigenvalue weighted by molar-refractivity contribution is 0.538. The predicted molar refractivity (Wildman–Crippen MR) is 68.8 cm³/mol. The minimum Gasteiger partial charge on any atom is -0.337 e. The molecule has 0 bridgehead atoms. The molecule has 1 saturated heterocycles. The maximum absolute atomic E-state index is 12.0. The summed E-state index contributed by atoms with van der Waals surface area (Å²) in [5, 5.41) is 3.44. The second kappa shape index (κ2) is 5.38. The van der Waals surface area contributed by atoms with Gasteiger partial charge in [-0.25, -0.2) is 18.1 Å². The van der Waals surface area contributed by atoms with Crippen molar-refractivity contribution in [3.05, 3.63) is 12.0 Å². The van der Waals surface area contributed by atoms with Gasteiger partial charge in [0, 0.05) is 25.8 Å². The Kier molecular flexibility index (Phi) is 4.04. The van der Waals surface area contributed by atoms with Gasteiger partial charge in [0.25, 0.3) is 10.0 Å². The summed E-state index contributed by atoms with van der Waals surface area (Å²) < 4.78 is 28.2. The number of sulfonamides is 1. The average molecular weight is 272 g/mol. The number of hydrogen-bond acceptors (Lipinski definition) is 4. The Morgan fingerprint density at radius 1 is 1.61 bits per heavy atom. The normalized spacial score (nSPS) is 20.4. The molecule has 7 heteroatoms. The molecular weight excluding hydrogens is 252 g/mol. The molecule has 0 radical (unpaired) electrons. The Bertz CT molecular complexity index is 484. The van der Waals surface area contributed by atoms with Crippen LogP contribution in [0.4, 0.5) is 0 Å². The van der Waals surface area contributed by atoms with Crippen LogP contribution < -0.4 is 10.0 Å². The van der Waals surface area contributed by atoms with Crippen LogP contribution in [0.2, 0.25) is 0 Å². The smallest absolute Gasteiger partial charge is 0.259 e. The summed E-state index contributed by atoms with van der Waals surface area (Å²) in [4.78, 5) is 4.03. The first-order valence-electron chi connectivity index (χ1n) is 6.22. The van der Waals surface area contributed by atoms with Crippen molar-refractivity contribution < 1.29 is 8.42 Å². The van der Waals surface area contributed by atoms with E-state index >= 15 is 0 Å². The van der Waals surface area contributed by atoms with Crippen LogP contribution in [0.25, 0.3) is 0 Å². The molecule has 18 heavy (non-hydrogen) atoms. The van der Waals surface area contributed by atoms with Crippen molar-refractivity contribution in [1.82, 2.24) is 19.6 Å². The van der Waals surface area contributed by atoms with E-state index < -0.39 is 10.0 Å². The fraction of sp³-hybridized carbons (Fsp3) is 0.727. The number of nitrogens with one attached hydrogen (secondary N) is 2. The van der Waals surface area contributed by atoms with Crippen molar-refractivity contribution in [1.29, 1.82) is 0 Å². The van der Waals surface area contributed by atoms with E-state index in [1.165, 1.54) is 12.6 Å². The third-order valence-corrected chi connectivity index (χ3v) is 4.64. The maximum atomic E-state index is 12.0. The van der Waals surface area contributed by atoms with Gasteiger partial charge in [-0.05, 0) is 32.7 Å². The number of rotatable bonds is 5. The third-order valence-electron chi connectivity index (χ3n) is 3.31. The Hall–Kier alpha value is -0.920. The van der Waals surface area contributed by atoms with Crippen LogP contribution in [0.15, 0.2) is 11.2 Å². The van der Waals surface area contributed by atoms with Crippen LogP contribution in [0.3, 0.4) is 0 Å². The molecule has 0 aliphatic carbocycles. The monoisotopic (exact) mass is 272 g/mol. The molecule has 102 valence electrons. The summed E-state index contributed by atoms with van der Waals surface area (Å²) in [7, 11) is -1.68. The van der Waals surface area contributed by atoms with E-state index in [0.29, 0.717) is 18.4 Å². The fourth-order valence-corrected chi connectivity index (χ4v) is 3.18. The van der Waals surface area contributed by atoms with E-state index in [-0.39, 0.29) is 5.03 Å². The number of imidazole rings is 1. The SMILES string of the molecule is Cc1nc(S(=O)(=O)NCCC2CCCN2)cn1C. The Morgan fingerprint density at radius 3 is 2.94 bits per heavy atom. The number of hydrogen-bond donors (Lipinski definition) is 2. The van der Waals surface area contributed by atoms with Crippen molar-refractivity contribution in [2.24, 2.45) is 7.05 Å². The molecule has 2 heterocycles. The van der Waals surface area contributed by atoms with Crippen LogP contribution in [0.5, 0.6) is 0 Å². The lowest BCUT2D eigenvalue weighted by Gasteiger charge is -2.10. The molecular formula is C11H20N4O2S. The van der Waals surface area contributed by atoms with Gasteiger partial charge < -0.3 is 9.88 Å². The van der Waals surface area contributed by atoms with Gasteiger partial charge in [0.05, 0.1) is 0 Å². The van der Waals surface area contributed by atoms with Gasteiger partial charge in [-0.3, -0.25) is 0 Å². The predicted octanol–water partition coefficient (Wildman–Crippen LogP) is 0.149. The number of aryl methyl sites for hydroxylation is 2. The summed E-state index contributed by atoms with van der Waals surface area (Å²) >= 11 is 0. The van der Waals surface area contributed by atoms with Crippen molar-refractivity contribution in [2.45, 2.75) is 37.3 Å². The highest BCUT2D eigenvalue weighted by Crippen LogP contribution is 2.10. The van der Waals surface area contributed by atoms with Crippen molar-refractivity contribution in [2.75, 3.05) is 13.1 Å². The summed E-state index contributed by atoms with van der Waals surface area (Å²) in [5.41, 5.74) is 0. The summed E-state index contributed by atoms with van der Waals surface area (Å²) in [5.74, 6) is 0.688. The average Bonchev–Trinajstić information content (AvgIpc) is 2.90. The lowest BCUT2D eigenvalue weighted by Crippen LogP contribution is -2.30. The largest absolute Gasteiger partial charge is 0.337 e. The second-order valence-corrected chi connectivity index (χ2v) is 6.43. The van der Waals surface area contributed by atoms with E-state index in [9.17, 15) is 8.42 Å². The minimum atomic E-state index is -3.46. The second-order valence-electron chi connectivity index (χ2n) is 4.72. The number of aromatic nitrogens is 2. The first kappa shape index (κ1) is 13.5. The third kappa shape index (κ3) is 3.09. The highest BCUT2D eigenvalue weighted by molar-refractivity contribution is 7.89. The Balaban J connectivity index is 1.90. The highest BCUT2D eigenvalue weighted by atomic mass is 32.2. The first-order chi connectivity index (χ1) is 8.49. The Labute approximate surface area is 108 Å². The molecule has 1 aromatic heterocycles. The molecule has 1 aliphatic rings. The van der Waals surface area contributed by atoms with Crippen molar-refractivity contribution in [3.8, 4) is 0 Å². The van der Waals surface area contributed by atoms with Crippen LogP contribution in [0, 0.1) is 6.92 Å². The van der Waals surface area contributed by atoms with Gasteiger partial charge in [-0.1, -0.05) is 0 Å². The standard InChI is InChI=1S/C11H20N4O2S/c1-9-14-11(8-15(9)2)18(16,17)13-7-5-10-4-3-6-12-10/h8,10,12-13H,3-7H2,1-2H3. The molecule has 0 spiro atoms. The van der Waals surface area contributed by atoms with Crippen LogP contribution in [0.1, 0.15) is 25.1 Å². The molecule has 2 N–H and O–H groups in total. The molecule has 0 amide bonds. The molecule has 1 aliphatic heterocycles. The van der Waals surface area contributed by atoms with Crippen LogP contribution >= 0.6 is 0 Å². The molecule has 1 fully saturated rings. The highest BCUT2D eigenvalue weighted by Gasteiger charge is 2.19. The van der Waals surface area contributed by atoms with Gasteiger partial charge in [0.2, 0.25) is 0 Å². The van der Waals surface area contributed by atoms with Gasteiger partial charge in [0.15, 0.2) is 5.03 Å². The molecule has 6 nitrogen and oxygen atoms in total. The minimum absolute atomic E-state index is 0.0990. The molecule has 1 aromatic rings. The number of nitrogens with zero attached hydrogens (tertiary/aromatic N) is 2. The first-order valence-corrected chi connectivity index (χ1v) is 7.70. The molecule has 1 atom stereocenters. The maximum Gasteiger partial charge on any atom is 0.259 e. The zero-order valence-corrected chi connectivity index (χ0v) is 11.6. The van der Waals surface area contributed by atoms with Gasteiger partial charge in [0.1, 0.15) is 5.82 Å². The van der Waals surface area contributed by atoms with Crippen molar-refractivity contribution in [3.63, 3.8) is 0 Å². The van der Waals surface area contributed by atoms with Crippen molar-refractivity contribution >= 4 is 10.0 Å². The lowest BCUT2D eigenvalue weighted by atomic mass is 10.2. The Morgan fingerprint density at radius 2 is 2.39 bits per heavy atom. The van der Waals surface area contributed by atoms with E-state index in [4.69, 9.17) is 0 Å². The van der Waals surface area contributed by atoms with E-state index in [1.54, 1.807) is 18.5 Å². The van der Waals surface area contributed by atoms with E-state index in [0.717, 1.165) is 19.4 Å². The molecule has 0 aromatic carbocycles. The van der Waals surface area contributed by atoms with Gasteiger partial charge in [-0.15, -0.1) is 0 Å². The van der Waals surface area contributed by atoms with E-state index in [1.807, 2.05) is 0 Å². The fourth-order valence-electron chi connectivity index (χ4n) is 2.10. The quantitative estimate of drug-likeness (QED) is 0.800. The zero-order chi connectivity index (χ0) is 13.2. The molecule has 0 saturated carbocycles. The van der Waals surface area contributed by atoms with Crippen LogP contribution in [-0.4, -0.2) is 37.1 Å². The van der Waals surface area contributed by atoms with Gasteiger partial charge >= 0.3 is 0 Å². The molecule has 1 unspecified atom stereocenters. The van der Waals surface area contributed by atoms with E-state index in [2.05, 4.69) is 15.0 Å². The summed E-state index contributed by atoms with van der Waals surface area (Å²) in [6, 6.07) is 0.443. The zero-order valence-electron chi connectivity index (χ0n) is 10.8. The summed E-state index contributed by atoms with van der Waals surface area (Å²) in [6.07, 6.45) is 4.66.